The highest BCUT2D eigenvalue weighted by molar-refractivity contribution is 14.1. The molecule has 3 heterocycles. The number of benzene rings is 1. The summed E-state index contributed by atoms with van der Waals surface area (Å²) >= 11 is 2.33. The number of fused-ring (bicyclic) bond motifs is 1. The molecule has 1 aliphatic rings. The van der Waals surface area contributed by atoms with Gasteiger partial charge in [0, 0.05) is 5.56 Å². The number of anilines is 1. The van der Waals surface area contributed by atoms with Crippen LogP contribution in [-0.2, 0) is 14.3 Å². The van der Waals surface area contributed by atoms with E-state index in [2.05, 4.69) is 42.9 Å². The molecule has 1 amide bonds. The Morgan fingerprint density at radius 3 is 2.69 bits per heavy atom. The predicted molar refractivity (Wildman–Crippen MR) is 126 cm³/mol. The van der Waals surface area contributed by atoms with Crippen molar-refractivity contribution in [3.63, 3.8) is 0 Å². The lowest BCUT2D eigenvalue weighted by Crippen LogP contribution is -2.27. The Balaban J connectivity index is 1.50. The normalized spacial score (nSPS) is 20.9. The molecule has 1 saturated heterocycles. The number of alkyl halides is 1. The maximum atomic E-state index is 12.5. The van der Waals surface area contributed by atoms with Crippen LogP contribution in [0.15, 0.2) is 43.0 Å². The Hall–Kier alpha value is -2.60. The van der Waals surface area contributed by atoms with Gasteiger partial charge in [0.15, 0.2) is 17.0 Å². The zero-order valence-corrected chi connectivity index (χ0v) is 20.1. The molecule has 1 N–H and O–H groups in total. The molecule has 10 heteroatoms. The molecule has 0 saturated carbocycles. The molecule has 1 aliphatic heterocycles. The molecule has 1 fully saturated rings. The number of carbonyl (C=O) groups excluding carboxylic acids is 2. The number of amides is 1. The van der Waals surface area contributed by atoms with E-state index in [1.165, 1.54) is 6.33 Å². The van der Waals surface area contributed by atoms with Crippen molar-refractivity contribution < 1.29 is 19.1 Å². The summed E-state index contributed by atoms with van der Waals surface area (Å²) in [6.45, 7) is 5.66. The molecule has 3 aromatic rings. The first kappa shape index (κ1) is 22.6. The van der Waals surface area contributed by atoms with Crippen LogP contribution in [0.4, 0.5) is 5.82 Å². The van der Waals surface area contributed by atoms with Gasteiger partial charge in [-0.25, -0.2) is 15.0 Å². The maximum Gasteiger partial charge on any atom is 0.311 e. The van der Waals surface area contributed by atoms with Crippen LogP contribution in [0.5, 0.6) is 0 Å². The highest BCUT2D eigenvalue weighted by atomic mass is 127. The van der Waals surface area contributed by atoms with Crippen LogP contribution in [0.2, 0.25) is 0 Å². The molecular formula is C22H24IN5O4. The summed E-state index contributed by atoms with van der Waals surface area (Å²) in [6, 6.07) is 8.90. The van der Waals surface area contributed by atoms with Crippen molar-refractivity contribution in [3.05, 3.63) is 48.5 Å². The van der Waals surface area contributed by atoms with E-state index in [1.807, 2.05) is 31.4 Å². The number of hydrogen-bond acceptors (Lipinski definition) is 7. The minimum absolute atomic E-state index is 0.126. The first-order valence-corrected chi connectivity index (χ1v) is 11.5. The van der Waals surface area contributed by atoms with Gasteiger partial charge in [0.1, 0.15) is 19.2 Å². The van der Waals surface area contributed by atoms with Crippen LogP contribution in [0.25, 0.3) is 11.2 Å². The Bertz CT molecular complexity index is 1130. The number of rotatable bonds is 5. The summed E-state index contributed by atoms with van der Waals surface area (Å²) in [5.41, 5.74) is 1.01. The highest BCUT2D eigenvalue weighted by Crippen LogP contribution is 2.37. The summed E-state index contributed by atoms with van der Waals surface area (Å²) in [4.78, 5) is 37.6. The quantitative estimate of drug-likeness (QED) is 0.293. The average Bonchev–Trinajstić information content (AvgIpc) is 3.35. The second-order valence-corrected chi connectivity index (χ2v) is 10.2. The summed E-state index contributed by atoms with van der Waals surface area (Å²) < 4.78 is 13.6. The Morgan fingerprint density at radius 1 is 1.22 bits per heavy atom. The standard InChI is InChI=1S/C22H24IN5O4/c1-22(2,3)21(30)31-10-14-9-15(23)20(32-14)28-12-26-16-17(24-11-25-18(16)28)27-19(29)13-7-5-4-6-8-13/h4-8,11-12,14-15,20H,9-10H2,1-3H3,(H,24,25,27,29)/t14-,15+,20+/m0/s1. The largest absolute Gasteiger partial charge is 0.463 e. The predicted octanol–water partition coefficient (Wildman–Crippen LogP) is 3.76. The number of nitrogens with zero attached hydrogens (tertiary/aromatic N) is 4. The van der Waals surface area contributed by atoms with Gasteiger partial charge < -0.3 is 14.8 Å². The number of imidazole rings is 1. The van der Waals surface area contributed by atoms with Crippen LogP contribution in [0.1, 0.15) is 43.8 Å². The van der Waals surface area contributed by atoms with E-state index in [4.69, 9.17) is 9.47 Å². The van der Waals surface area contributed by atoms with E-state index >= 15 is 0 Å². The van der Waals surface area contributed by atoms with Gasteiger partial charge in [0.2, 0.25) is 0 Å². The fraction of sp³-hybridized carbons (Fsp3) is 0.409. The van der Waals surface area contributed by atoms with Gasteiger partial charge in [0.25, 0.3) is 5.91 Å². The minimum Gasteiger partial charge on any atom is -0.463 e. The summed E-state index contributed by atoms with van der Waals surface area (Å²) in [6.07, 6.45) is 3.21. The van der Waals surface area contributed by atoms with E-state index in [0.717, 1.165) is 6.42 Å². The second kappa shape index (κ2) is 9.10. The van der Waals surface area contributed by atoms with Crippen molar-refractivity contribution in [3.8, 4) is 0 Å². The number of carbonyl (C=O) groups is 2. The molecule has 0 radical (unpaired) electrons. The fourth-order valence-corrected chi connectivity index (χ4v) is 4.42. The first-order valence-electron chi connectivity index (χ1n) is 10.2. The van der Waals surface area contributed by atoms with E-state index in [-0.39, 0.29) is 34.7 Å². The van der Waals surface area contributed by atoms with Crippen molar-refractivity contribution in [2.45, 2.75) is 43.4 Å². The first-order chi connectivity index (χ1) is 15.2. The zero-order valence-electron chi connectivity index (χ0n) is 18.0. The molecule has 2 aromatic heterocycles. The number of nitrogens with one attached hydrogen (secondary N) is 1. The van der Waals surface area contributed by atoms with Crippen molar-refractivity contribution in [1.82, 2.24) is 19.5 Å². The molecule has 168 valence electrons. The fourth-order valence-electron chi connectivity index (χ4n) is 3.34. The number of halogens is 1. The van der Waals surface area contributed by atoms with Gasteiger partial charge in [-0.1, -0.05) is 40.8 Å². The molecule has 1 aromatic carbocycles. The van der Waals surface area contributed by atoms with Gasteiger partial charge in [-0.05, 0) is 39.3 Å². The third-order valence-electron chi connectivity index (χ3n) is 5.04. The van der Waals surface area contributed by atoms with Crippen LogP contribution in [0.3, 0.4) is 0 Å². The molecule has 0 spiro atoms. The van der Waals surface area contributed by atoms with Crippen LogP contribution < -0.4 is 5.32 Å². The van der Waals surface area contributed by atoms with E-state index < -0.39 is 5.41 Å². The Morgan fingerprint density at radius 2 is 1.97 bits per heavy atom. The Kier molecular flexibility index (Phi) is 6.42. The second-order valence-electron chi connectivity index (χ2n) is 8.62. The molecular weight excluding hydrogens is 525 g/mol. The van der Waals surface area contributed by atoms with Crippen LogP contribution >= 0.6 is 22.6 Å². The van der Waals surface area contributed by atoms with E-state index in [9.17, 15) is 9.59 Å². The van der Waals surface area contributed by atoms with Gasteiger partial charge >= 0.3 is 5.97 Å². The summed E-state index contributed by atoms with van der Waals surface area (Å²) in [7, 11) is 0. The topological polar surface area (TPSA) is 108 Å². The molecule has 0 unspecified atom stereocenters. The SMILES string of the molecule is CC(C)(C)C(=O)OC[C@@H]1C[C@@H](I)[C@H](n2cnc3c(NC(=O)c4ccccc4)ncnc32)O1. The number of aromatic nitrogens is 4. The van der Waals surface area contributed by atoms with Crippen LogP contribution in [0, 0.1) is 5.41 Å². The smallest absolute Gasteiger partial charge is 0.311 e. The van der Waals surface area contributed by atoms with E-state index in [0.29, 0.717) is 22.5 Å². The Labute approximate surface area is 199 Å². The molecule has 9 nitrogen and oxygen atoms in total. The zero-order chi connectivity index (χ0) is 22.9. The number of esters is 1. The molecule has 0 bridgehead atoms. The lowest BCUT2D eigenvalue weighted by atomic mass is 9.97. The third kappa shape index (κ3) is 4.75. The molecule has 4 rings (SSSR count). The van der Waals surface area contributed by atoms with E-state index in [1.54, 1.807) is 30.6 Å². The molecule has 32 heavy (non-hydrogen) atoms. The molecule has 3 atom stereocenters. The van der Waals surface area contributed by atoms with Gasteiger partial charge in [-0.2, -0.15) is 0 Å². The van der Waals surface area contributed by atoms with Crippen molar-refractivity contribution in [1.29, 1.82) is 0 Å². The van der Waals surface area contributed by atoms with Crippen molar-refractivity contribution in [2.75, 3.05) is 11.9 Å². The lowest BCUT2D eigenvalue weighted by molar-refractivity contribution is -0.157. The van der Waals surface area contributed by atoms with Crippen molar-refractivity contribution >= 4 is 51.4 Å². The van der Waals surface area contributed by atoms with Crippen molar-refractivity contribution in [2.24, 2.45) is 5.41 Å². The monoisotopic (exact) mass is 549 g/mol. The third-order valence-corrected chi connectivity index (χ3v) is 6.17. The van der Waals surface area contributed by atoms with Crippen LogP contribution in [-0.4, -0.2) is 48.0 Å². The number of ether oxygens (including phenoxy) is 2. The van der Waals surface area contributed by atoms with Gasteiger partial charge in [-0.15, -0.1) is 0 Å². The number of hydrogen-bond donors (Lipinski definition) is 1. The minimum atomic E-state index is -0.556. The lowest BCUT2D eigenvalue weighted by Gasteiger charge is -2.19. The van der Waals surface area contributed by atoms with Gasteiger partial charge in [0.05, 0.1) is 21.8 Å². The maximum absolute atomic E-state index is 12.5. The molecule has 0 aliphatic carbocycles. The highest BCUT2D eigenvalue weighted by Gasteiger charge is 2.37. The van der Waals surface area contributed by atoms with Gasteiger partial charge in [-0.3, -0.25) is 14.2 Å². The summed E-state index contributed by atoms with van der Waals surface area (Å²) in [5.74, 6) is -0.194. The average molecular weight is 549 g/mol. The summed E-state index contributed by atoms with van der Waals surface area (Å²) in [5, 5.41) is 2.81.